The van der Waals surface area contributed by atoms with Crippen molar-refractivity contribution in [3.63, 3.8) is 0 Å². The van der Waals surface area contributed by atoms with E-state index in [1.807, 2.05) is 0 Å². The Bertz CT molecular complexity index is 497. The second kappa shape index (κ2) is 3.32. The lowest BCUT2D eigenvalue weighted by molar-refractivity contribution is -0.137. The summed E-state index contributed by atoms with van der Waals surface area (Å²) in [5.41, 5.74) is 0.942. The summed E-state index contributed by atoms with van der Waals surface area (Å²) in [6.45, 7) is 0. The zero-order valence-corrected chi connectivity index (χ0v) is 8.49. The van der Waals surface area contributed by atoms with Crippen LogP contribution in [-0.2, 0) is 15.5 Å². The van der Waals surface area contributed by atoms with Gasteiger partial charge in [0, 0.05) is 5.46 Å². The van der Waals surface area contributed by atoms with Crippen LogP contribution in [0.1, 0.15) is 16.7 Å². The number of alkyl halides is 3. The van der Waals surface area contributed by atoms with Gasteiger partial charge in [0.1, 0.15) is 0 Å². The summed E-state index contributed by atoms with van der Waals surface area (Å²) in [7, 11) is -0.641. The highest BCUT2D eigenvalue weighted by Crippen LogP contribution is 2.32. The van der Waals surface area contributed by atoms with Crippen LogP contribution in [0.5, 0.6) is 0 Å². The molecule has 6 heteroatoms. The summed E-state index contributed by atoms with van der Waals surface area (Å²) in [6, 6.07) is 2.21. The van der Waals surface area contributed by atoms with E-state index >= 15 is 0 Å². The fraction of sp³-hybridized carbons (Fsp3) is 0.0909. The standard InChI is InChI=1S/C11H6BF3O2/c13-11(14,15)9-5-7-1-3-16-12-10(7)8(6-9)2-4-17-12/h1-6H. The number of hydrogen-bond donors (Lipinski definition) is 0. The molecule has 1 aromatic rings. The molecule has 2 aliphatic rings. The van der Waals surface area contributed by atoms with Crippen molar-refractivity contribution in [2.75, 3.05) is 0 Å². The lowest BCUT2D eigenvalue weighted by atomic mass is 9.70. The molecular weight excluding hydrogens is 232 g/mol. The van der Waals surface area contributed by atoms with Crippen molar-refractivity contribution >= 4 is 24.7 Å². The average molecular weight is 238 g/mol. The van der Waals surface area contributed by atoms with Gasteiger partial charge in [-0.25, -0.2) is 0 Å². The van der Waals surface area contributed by atoms with Gasteiger partial charge < -0.3 is 9.31 Å². The first-order chi connectivity index (χ1) is 8.05. The smallest absolute Gasteiger partial charge is 0.528 e. The van der Waals surface area contributed by atoms with Crippen LogP contribution in [0.25, 0.3) is 12.2 Å². The number of hydrogen-bond acceptors (Lipinski definition) is 2. The van der Waals surface area contributed by atoms with E-state index in [2.05, 4.69) is 0 Å². The molecule has 17 heavy (non-hydrogen) atoms. The van der Waals surface area contributed by atoms with Crippen LogP contribution in [-0.4, -0.2) is 7.12 Å². The second-order valence-corrected chi connectivity index (χ2v) is 3.78. The summed E-state index contributed by atoms with van der Waals surface area (Å²) < 4.78 is 48.4. The van der Waals surface area contributed by atoms with Gasteiger partial charge in [0.15, 0.2) is 0 Å². The highest BCUT2D eigenvalue weighted by Gasteiger charge is 2.37. The first-order valence-corrected chi connectivity index (χ1v) is 4.95. The Hall–Kier alpha value is -1.85. The second-order valence-electron chi connectivity index (χ2n) is 3.78. The minimum absolute atomic E-state index is 0.482. The average Bonchev–Trinajstić information content (AvgIpc) is 2.28. The van der Waals surface area contributed by atoms with E-state index in [0.717, 1.165) is 12.1 Å². The molecule has 0 unspecified atom stereocenters. The molecule has 0 atom stereocenters. The maximum atomic E-state index is 12.7. The minimum Gasteiger partial charge on any atom is -0.528 e. The maximum Gasteiger partial charge on any atom is 0.633 e. The molecule has 0 fully saturated rings. The van der Waals surface area contributed by atoms with Gasteiger partial charge in [-0.05, 0) is 35.4 Å². The van der Waals surface area contributed by atoms with Gasteiger partial charge in [0.05, 0.1) is 18.1 Å². The highest BCUT2D eigenvalue weighted by molar-refractivity contribution is 6.64. The van der Waals surface area contributed by atoms with Crippen molar-refractivity contribution in [2.45, 2.75) is 6.18 Å². The van der Waals surface area contributed by atoms with Gasteiger partial charge >= 0.3 is 13.3 Å². The molecule has 0 spiro atoms. The van der Waals surface area contributed by atoms with Gasteiger partial charge in [0.25, 0.3) is 0 Å². The van der Waals surface area contributed by atoms with Gasteiger partial charge in [-0.3, -0.25) is 0 Å². The molecule has 0 bridgehead atoms. The van der Waals surface area contributed by atoms with Crippen molar-refractivity contribution in [1.82, 2.24) is 0 Å². The topological polar surface area (TPSA) is 18.5 Å². The van der Waals surface area contributed by atoms with Gasteiger partial charge in [-0.2, -0.15) is 13.2 Å². The Balaban J connectivity index is 2.23. The third-order valence-electron chi connectivity index (χ3n) is 2.71. The van der Waals surface area contributed by atoms with Crippen molar-refractivity contribution in [3.05, 3.63) is 41.3 Å². The first kappa shape index (κ1) is 10.3. The normalized spacial score (nSPS) is 16.3. The zero-order valence-electron chi connectivity index (χ0n) is 8.49. The number of halogens is 3. The van der Waals surface area contributed by atoms with Crippen molar-refractivity contribution in [1.29, 1.82) is 0 Å². The van der Waals surface area contributed by atoms with E-state index in [1.165, 1.54) is 24.7 Å². The monoisotopic (exact) mass is 238 g/mol. The van der Waals surface area contributed by atoms with Gasteiger partial charge in [-0.1, -0.05) is 0 Å². The lowest BCUT2D eigenvalue weighted by Crippen LogP contribution is -2.41. The third-order valence-corrected chi connectivity index (χ3v) is 2.71. The molecule has 0 N–H and O–H groups in total. The molecule has 3 rings (SSSR count). The summed E-state index contributed by atoms with van der Waals surface area (Å²) in [4.78, 5) is 0. The van der Waals surface area contributed by atoms with Gasteiger partial charge in [0.2, 0.25) is 0 Å². The molecule has 0 saturated carbocycles. The SMILES string of the molecule is FC(F)(F)c1cc2c3c(c1)C=COB3OC=C2. The number of benzene rings is 1. The molecule has 86 valence electrons. The predicted molar refractivity (Wildman–Crippen MR) is 57.1 cm³/mol. The molecule has 2 aliphatic heterocycles. The zero-order chi connectivity index (χ0) is 12.0. The van der Waals surface area contributed by atoms with Crippen molar-refractivity contribution in [2.24, 2.45) is 0 Å². The molecule has 0 aromatic heterocycles. The molecule has 0 aliphatic carbocycles. The van der Waals surface area contributed by atoms with E-state index in [4.69, 9.17) is 9.31 Å². The van der Waals surface area contributed by atoms with Crippen LogP contribution in [0.4, 0.5) is 13.2 Å². The lowest BCUT2D eigenvalue weighted by Gasteiger charge is -2.24. The Labute approximate surface area is 95.5 Å². The van der Waals surface area contributed by atoms with Crippen LogP contribution >= 0.6 is 0 Å². The number of rotatable bonds is 0. The van der Waals surface area contributed by atoms with E-state index < -0.39 is 18.9 Å². The van der Waals surface area contributed by atoms with E-state index in [0.29, 0.717) is 16.6 Å². The molecule has 0 saturated heterocycles. The minimum atomic E-state index is -4.35. The molecule has 2 nitrogen and oxygen atoms in total. The third kappa shape index (κ3) is 1.60. The summed E-state index contributed by atoms with van der Waals surface area (Å²) in [5.74, 6) is 0. The molecule has 0 amide bonds. The van der Waals surface area contributed by atoms with Gasteiger partial charge in [-0.15, -0.1) is 0 Å². The van der Waals surface area contributed by atoms with Crippen molar-refractivity contribution < 1.29 is 22.5 Å². The largest absolute Gasteiger partial charge is 0.633 e. The Morgan fingerprint density at radius 2 is 1.47 bits per heavy atom. The fourth-order valence-electron chi connectivity index (χ4n) is 1.95. The van der Waals surface area contributed by atoms with Crippen LogP contribution < -0.4 is 5.46 Å². The molecule has 1 aromatic carbocycles. The van der Waals surface area contributed by atoms with E-state index in [9.17, 15) is 13.2 Å². The van der Waals surface area contributed by atoms with E-state index in [-0.39, 0.29) is 0 Å². The quantitative estimate of drug-likeness (QED) is 0.646. The first-order valence-electron chi connectivity index (χ1n) is 4.95. The molecular formula is C11H6BF3O2. The fourth-order valence-corrected chi connectivity index (χ4v) is 1.95. The molecule has 0 radical (unpaired) electrons. The van der Waals surface area contributed by atoms with Crippen molar-refractivity contribution in [3.8, 4) is 0 Å². The Morgan fingerprint density at radius 3 is 1.94 bits per heavy atom. The summed E-state index contributed by atoms with van der Waals surface area (Å²) in [6.07, 6.45) is 1.35. The van der Waals surface area contributed by atoms with Crippen LogP contribution in [0.2, 0.25) is 0 Å². The Morgan fingerprint density at radius 1 is 0.941 bits per heavy atom. The maximum absolute atomic E-state index is 12.7. The summed E-state index contributed by atoms with van der Waals surface area (Å²) in [5, 5.41) is 0. The molecule has 2 heterocycles. The summed E-state index contributed by atoms with van der Waals surface area (Å²) >= 11 is 0. The van der Waals surface area contributed by atoms with Crippen LogP contribution in [0.15, 0.2) is 24.7 Å². The predicted octanol–water partition coefficient (Wildman–Crippen LogP) is 2.40. The highest BCUT2D eigenvalue weighted by atomic mass is 19.4. The Kier molecular flexibility index (Phi) is 2.02. The van der Waals surface area contributed by atoms with Crippen LogP contribution in [0.3, 0.4) is 0 Å². The van der Waals surface area contributed by atoms with Crippen LogP contribution in [0, 0.1) is 0 Å². The van der Waals surface area contributed by atoms with E-state index in [1.54, 1.807) is 0 Å².